The molecule has 94 valence electrons. The number of aryl methyl sites for hydroxylation is 1. The molecule has 2 rings (SSSR count). The second-order valence-corrected chi connectivity index (χ2v) is 5.03. The summed E-state index contributed by atoms with van der Waals surface area (Å²) in [5.41, 5.74) is 2.15. The van der Waals surface area contributed by atoms with Crippen molar-refractivity contribution in [2.45, 2.75) is 19.2 Å². The Morgan fingerprint density at radius 2 is 2.00 bits per heavy atom. The minimum Gasteiger partial charge on any atom is -0.439 e. The molecule has 1 aromatic heterocycles. The van der Waals surface area contributed by atoms with E-state index in [4.69, 9.17) is 16.3 Å². The number of hydrogen-bond acceptors (Lipinski definition) is 2. The molecule has 0 N–H and O–H groups in total. The lowest BCUT2D eigenvalue weighted by atomic mass is 10.2. The van der Waals surface area contributed by atoms with E-state index in [0.717, 1.165) is 22.2 Å². The molecule has 1 heterocycles. The fourth-order valence-electron chi connectivity index (χ4n) is 1.56. The number of hydrogen-bond donors (Lipinski definition) is 0. The Morgan fingerprint density at radius 1 is 1.28 bits per heavy atom. The zero-order chi connectivity index (χ0) is 13.0. The standard InChI is InChI=1S/C14H13BrClNO/c1-2-10-3-5-13(6-4-10)18-14-11(8-16)7-12(15)9-17-14/h3-7,9H,2,8H2,1H3. The highest BCUT2D eigenvalue weighted by molar-refractivity contribution is 9.10. The maximum absolute atomic E-state index is 5.88. The van der Waals surface area contributed by atoms with E-state index >= 15 is 0 Å². The van der Waals surface area contributed by atoms with E-state index in [-0.39, 0.29) is 0 Å². The molecule has 4 heteroatoms. The van der Waals surface area contributed by atoms with Crippen molar-refractivity contribution in [1.29, 1.82) is 0 Å². The maximum atomic E-state index is 5.88. The molecule has 0 saturated heterocycles. The molecule has 0 aliphatic heterocycles. The van der Waals surface area contributed by atoms with Gasteiger partial charge in [0.1, 0.15) is 5.75 Å². The monoisotopic (exact) mass is 325 g/mol. The second kappa shape index (κ2) is 6.21. The number of pyridine rings is 1. The number of nitrogens with zero attached hydrogens (tertiary/aromatic N) is 1. The van der Waals surface area contributed by atoms with Crippen LogP contribution in [0.15, 0.2) is 41.0 Å². The Kier molecular flexibility index (Phi) is 4.61. The lowest BCUT2D eigenvalue weighted by Gasteiger charge is -2.09. The van der Waals surface area contributed by atoms with Crippen LogP contribution >= 0.6 is 27.5 Å². The highest BCUT2D eigenvalue weighted by Crippen LogP contribution is 2.26. The van der Waals surface area contributed by atoms with Crippen molar-refractivity contribution in [2.75, 3.05) is 0 Å². The van der Waals surface area contributed by atoms with Gasteiger partial charge in [-0.1, -0.05) is 19.1 Å². The lowest BCUT2D eigenvalue weighted by molar-refractivity contribution is 0.458. The van der Waals surface area contributed by atoms with Gasteiger partial charge in [0, 0.05) is 16.2 Å². The predicted octanol–water partition coefficient (Wildman–Crippen LogP) is 4.94. The first kappa shape index (κ1) is 13.4. The summed E-state index contributed by atoms with van der Waals surface area (Å²) >= 11 is 9.24. The van der Waals surface area contributed by atoms with Gasteiger partial charge in [0.05, 0.1) is 5.88 Å². The third kappa shape index (κ3) is 3.24. The molecule has 0 unspecified atom stereocenters. The summed E-state index contributed by atoms with van der Waals surface area (Å²) in [5.74, 6) is 1.69. The van der Waals surface area contributed by atoms with Crippen LogP contribution in [0.2, 0.25) is 0 Å². The molecular weight excluding hydrogens is 314 g/mol. The van der Waals surface area contributed by atoms with Crippen molar-refractivity contribution in [3.8, 4) is 11.6 Å². The Bertz CT molecular complexity index is 528. The number of halogens is 2. The zero-order valence-corrected chi connectivity index (χ0v) is 12.3. The van der Waals surface area contributed by atoms with Crippen LogP contribution in [-0.2, 0) is 12.3 Å². The minimum atomic E-state index is 0.370. The van der Waals surface area contributed by atoms with Gasteiger partial charge in [-0.15, -0.1) is 11.6 Å². The average Bonchev–Trinajstić information content (AvgIpc) is 2.41. The van der Waals surface area contributed by atoms with Crippen molar-refractivity contribution in [2.24, 2.45) is 0 Å². The van der Waals surface area contributed by atoms with Gasteiger partial charge in [-0.05, 0) is 46.1 Å². The van der Waals surface area contributed by atoms with E-state index in [1.807, 2.05) is 18.2 Å². The average molecular weight is 327 g/mol. The van der Waals surface area contributed by atoms with E-state index in [0.29, 0.717) is 11.8 Å². The molecule has 2 nitrogen and oxygen atoms in total. The van der Waals surface area contributed by atoms with E-state index in [9.17, 15) is 0 Å². The molecule has 0 radical (unpaired) electrons. The van der Waals surface area contributed by atoms with Crippen molar-refractivity contribution < 1.29 is 4.74 Å². The Balaban J connectivity index is 2.22. The molecule has 1 aromatic carbocycles. The van der Waals surface area contributed by atoms with Gasteiger partial charge in [-0.3, -0.25) is 0 Å². The van der Waals surface area contributed by atoms with Crippen LogP contribution < -0.4 is 4.74 Å². The molecule has 0 fully saturated rings. The number of ether oxygens (including phenoxy) is 1. The third-order valence-corrected chi connectivity index (χ3v) is 3.30. The molecular formula is C14H13BrClNO. The number of rotatable bonds is 4. The lowest BCUT2D eigenvalue weighted by Crippen LogP contribution is -1.93. The van der Waals surface area contributed by atoms with Crippen molar-refractivity contribution in [3.63, 3.8) is 0 Å². The largest absolute Gasteiger partial charge is 0.439 e. The fourth-order valence-corrected chi connectivity index (χ4v) is 2.13. The molecule has 0 amide bonds. The molecule has 0 spiro atoms. The van der Waals surface area contributed by atoms with Crippen LogP contribution in [0.1, 0.15) is 18.1 Å². The van der Waals surface area contributed by atoms with Crippen LogP contribution in [0.3, 0.4) is 0 Å². The summed E-state index contributed by atoms with van der Waals surface area (Å²) in [6.45, 7) is 2.12. The molecule has 0 aliphatic rings. The molecule has 0 saturated carbocycles. The first-order chi connectivity index (χ1) is 8.72. The van der Waals surface area contributed by atoms with Crippen molar-refractivity contribution >= 4 is 27.5 Å². The summed E-state index contributed by atoms with van der Waals surface area (Å²) < 4.78 is 6.63. The first-order valence-electron chi connectivity index (χ1n) is 5.70. The number of alkyl halides is 1. The van der Waals surface area contributed by atoms with Gasteiger partial charge >= 0.3 is 0 Å². The van der Waals surface area contributed by atoms with E-state index < -0.39 is 0 Å². The van der Waals surface area contributed by atoms with Crippen LogP contribution in [0.4, 0.5) is 0 Å². The summed E-state index contributed by atoms with van der Waals surface area (Å²) in [7, 11) is 0. The van der Waals surface area contributed by atoms with Crippen LogP contribution in [0.5, 0.6) is 11.6 Å². The molecule has 0 atom stereocenters. The topological polar surface area (TPSA) is 22.1 Å². The summed E-state index contributed by atoms with van der Waals surface area (Å²) in [6, 6.07) is 9.90. The zero-order valence-electron chi connectivity index (χ0n) is 9.99. The number of aromatic nitrogens is 1. The van der Waals surface area contributed by atoms with Gasteiger partial charge in [0.25, 0.3) is 0 Å². The summed E-state index contributed by atoms with van der Waals surface area (Å²) in [5, 5.41) is 0. The third-order valence-electron chi connectivity index (χ3n) is 2.58. The normalized spacial score (nSPS) is 10.4. The van der Waals surface area contributed by atoms with Crippen LogP contribution in [0, 0.1) is 0 Å². The van der Waals surface area contributed by atoms with E-state index in [1.54, 1.807) is 6.20 Å². The molecule has 0 aliphatic carbocycles. The summed E-state index contributed by atoms with van der Waals surface area (Å²) in [6.07, 6.45) is 2.72. The minimum absolute atomic E-state index is 0.370. The number of benzene rings is 1. The summed E-state index contributed by atoms with van der Waals surface area (Å²) in [4.78, 5) is 4.23. The molecule has 0 bridgehead atoms. The first-order valence-corrected chi connectivity index (χ1v) is 7.03. The van der Waals surface area contributed by atoms with Gasteiger partial charge in [0.15, 0.2) is 0 Å². The molecule has 2 aromatic rings. The Hall–Kier alpha value is -1.06. The fraction of sp³-hybridized carbons (Fsp3) is 0.214. The predicted molar refractivity (Wildman–Crippen MR) is 77.4 cm³/mol. The highest BCUT2D eigenvalue weighted by Gasteiger charge is 2.06. The second-order valence-electron chi connectivity index (χ2n) is 3.85. The quantitative estimate of drug-likeness (QED) is 0.743. The van der Waals surface area contributed by atoms with Crippen molar-refractivity contribution in [1.82, 2.24) is 4.98 Å². The smallest absolute Gasteiger partial charge is 0.223 e. The van der Waals surface area contributed by atoms with Gasteiger partial charge in [-0.25, -0.2) is 4.98 Å². The van der Waals surface area contributed by atoms with Crippen LogP contribution in [-0.4, -0.2) is 4.98 Å². The van der Waals surface area contributed by atoms with Crippen molar-refractivity contribution in [3.05, 3.63) is 52.1 Å². The SMILES string of the molecule is CCc1ccc(Oc2ncc(Br)cc2CCl)cc1. The van der Waals surface area contributed by atoms with Gasteiger partial charge < -0.3 is 4.74 Å². The molecule has 18 heavy (non-hydrogen) atoms. The van der Waals surface area contributed by atoms with Gasteiger partial charge in [0.2, 0.25) is 5.88 Å². The van der Waals surface area contributed by atoms with Gasteiger partial charge in [-0.2, -0.15) is 0 Å². The van der Waals surface area contributed by atoms with Crippen LogP contribution in [0.25, 0.3) is 0 Å². The highest BCUT2D eigenvalue weighted by atomic mass is 79.9. The Morgan fingerprint density at radius 3 is 2.61 bits per heavy atom. The van der Waals surface area contributed by atoms with E-state index in [2.05, 4.69) is 40.0 Å². The Labute approximate surface area is 120 Å². The van der Waals surface area contributed by atoms with E-state index in [1.165, 1.54) is 5.56 Å². The maximum Gasteiger partial charge on any atom is 0.223 e.